The molecule has 1 aliphatic heterocycles. The maximum Gasteiger partial charge on any atom is 0.240 e. The van der Waals surface area contributed by atoms with Gasteiger partial charge in [-0.3, -0.25) is 0 Å². The number of ether oxygens (including phenoxy) is 1. The van der Waals surface area contributed by atoms with Crippen LogP contribution in [0.2, 0.25) is 0 Å². The van der Waals surface area contributed by atoms with Gasteiger partial charge in [0.05, 0.1) is 11.0 Å². The molecule has 0 aliphatic carbocycles. The molecular weight excluding hydrogens is 288 g/mol. The van der Waals surface area contributed by atoms with Crippen LogP contribution in [0.4, 0.5) is 0 Å². The molecule has 3 N–H and O–H groups in total. The first kappa shape index (κ1) is 16.4. The van der Waals surface area contributed by atoms with Crippen LogP contribution in [0.1, 0.15) is 37.3 Å². The zero-order valence-corrected chi connectivity index (χ0v) is 13.3. The van der Waals surface area contributed by atoms with Gasteiger partial charge in [-0.25, -0.2) is 13.1 Å². The highest BCUT2D eigenvalue weighted by atomic mass is 32.2. The molecule has 1 atom stereocenters. The van der Waals surface area contributed by atoms with E-state index in [0.717, 1.165) is 43.4 Å². The highest BCUT2D eigenvalue weighted by Crippen LogP contribution is 2.18. The van der Waals surface area contributed by atoms with Crippen molar-refractivity contribution in [3.05, 3.63) is 29.3 Å². The lowest BCUT2D eigenvalue weighted by atomic mass is 10.1. The summed E-state index contributed by atoms with van der Waals surface area (Å²) in [6, 6.07) is 5.16. The Balaban J connectivity index is 2.01. The maximum absolute atomic E-state index is 12.3. The average Bonchev–Trinajstić information content (AvgIpc) is 2.99. The van der Waals surface area contributed by atoms with Crippen molar-refractivity contribution >= 4 is 10.0 Å². The third kappa shape index (κ3) is 4.26. The smallest absolute Gasteiger partial charge is 0.240 e. The Morgan fingerprint density at radius 3 is 2.81 bits per heavy atom. The van der Waals surface area contributed by atoms with Crippen molar-refractivity contribution in [2.24, 2.45) is 5.73 Å². The first-order chi connectivity index (χ1) is 10.1. The summed E-state index contributed by atoms with van der Waals surface area (Å²) in [5.74, 6) is 0. The molecule has 0 spiro atoms. The van der Waals surface area contributed by atoms with Gasteiger partial charge in [0.1, 0.15) is 0 Å². The maximum atomic E-state index is 12.3. The van der Waals surface area contributed by atoms with Crippen LogP contribution >= 0.6 is 0 Å². The van der Waals surface area contributed by atoms with E-state index < -0.39 is 10.0 Å². The number of nitrogens with one attached hydrogen (secondary N) is 1. The molecule has 2 rings (SSSR count). The second-order valence-electron chi connectivity index (χ2n) is 5.31. The number of benzene rings is 1. The Labute approximate surface area is 126 Å². The van der Waals surface area contributed by atoms with Crippen molar-refractivity contribution in [1.29, 1.82) is 0 Å². The Bertz CT molecular complexity index is 566. The molecule has 1 aliphatic rings. The number of nitrogens with two attached hydrogens (primary N) is 1. The van der Waals surface area contributed by atoms with Crippen LogP contribution in [0.15, 0.2) is 23.1 Å². The van der Waals surface area contributed by atoms with E-state index in [1.54, 1.807) is 12.1 Å². The highest BCUT2D eigenvalue weighted by molar-refractivity contribution is 7.89. The van der Waals surface area contributed by atoms with Gasteiger partial charge in [-0.15, -0.1) is 0 Å². The van der Waals surface area contributed by atoms with E-state index in [4.69, 9.17) is 10.5 Å². The first-order valence-corrected chi connectivity index (χ1v) is 8.98. The van der Waals surface area contributed by atoms with Crippen LogP contribution in [0.5, 0.6) is 0 Å². The second-order valence-corrected chi connectivity index (χ2v) is 7.08. The van der Waals surface area contributed by atoms with Gasteiger partial charge in [0, 0.05) is 19.7 Å². The molecule has 21 heavy (non-hydrogen) atoms. The van der Waals surface area contributed by atoms with E-state index >= 15 is 0 Å². The molecule has 1 fully saturated rings. The van der Waals surface area contributed by atoms with E-state index in [1.807, 2.05) is 13.0 Å². The fraction of sp³-hybridized carbons (Fsp3) is 0.600. The van der Waals surface area contributed by atoms with E-state index in [2.05, 4.69) is 4.72 Å². The number of rotatable bonds is 7. The predicted molar refractivity (Wildman–Crippen MR) is 82.5 cm³/mol. The van der Waals surface area contributed by atoms with Gasteiger partial charge in [-0.05, 0) is 48.9 Å². The van der Waals surface area contributed by atoms with E-state index in [9.17, 15) is 8.42 Å². The summed E-state index contributed by atoms with van der Waals surface area (Å²) in [6.45, 7) is 3.57. The van der Waals surface area contributed by atoms with Gasteiger partial charge < -0.3 is 10.5 Å². The summed E-state index contributed by atoms with van der Waals surface area (Å²) in [6.07, 6.45) is 3.84. The lowest BCUT2D eigenvalue weighted by Crippen LogP contribution is -2.27. The van der Waals surface area contributed by atoms with Crippen molar-refractivity contribution in [3.63, 3.8) is 0 Å². The number of hydrogen-bond acceptors (Lipinski definition) is 4. The molecule has 0 amide bonds. The van der Waals surface area contributed by atoms with E-state index in [0.29, 0.717) is 13.1 Å². The third-order valence-corrected chi connectivity index (χ3v) is 5.33. The minimum absolute atomic E-state index is 0.190. The second kappa shape index (κ2) is 7.35. The summed E-state index contributed by atoms with van der Waals surface area (Å²) < 4.78 is 32.7. The Hall–Kier alpha value is -0.950. The monoisotopic (exact) mass is 312 g/mol. The van der Waals surface area contributed by atoms with Crippen LogP contribution in [-0.4, -0.2) is 27.7 Å². The Morgan fingerprint density at radius 2 is 2.19 bits per heavy atom. The molecule has 1 aromatic rings. The SMILES string of the molecule is CCc1ccc(S(=O)(=O)NCCC2CCCO2)cc1CN. The largest absolute Gasteiger partial charge is 0.378 e. The topological polar surface area (TPSA) is 81.4 Å². The number of aryl methyl sites for hydroxylation is 1. The molecule has 5 nitrogen and oxygen atoms in total. The molecule has 118 valence electrons. The molecule has 0 aromatic heterocycles. The molecule has 6 heteroatoms. The van der Waals surface area contributed by atoms with Crippen LogP contribution in [0.25, 0.3) is 0 Å². The van der Waals surface area contributed by atoms with Crippen molar-refractivity contribution in [2.45, 2.75) is 50.2 Å². The summed E-state index contributed by atoms with van der Waals surface area (Å²) in [5, 5.41) is 0. The lowest BCUT2D eigenvalue weighted by molar-refractivity contribution is 0.105. The zero-order chi connectivity index (χ0) is 15.3. The van der Waals surface area contributed by atoms with Gasteiger partial charge in [0.25, 0.3) is 0 Å². The molecule has 1 heterocycles. The summed E-state index contributed by atoms with van der Waals surface area (Å²) in [4.78, 5) is 0.285. The Morgan fingerprint density at radius 1 is 1.38 bits per heavy atom. The van der Waals surface area contributed by atoms with Crippen molar-refractivity contribution in [1.82, 2.24) is 4.72 Å². The van der Waals surface area contributed by atoms with E-state index in [-0.39, 0.29) is 11.0 Å². The predicted octanol–water partition coefficient (Wildman–Crippen LogP) is 1.56. The molecule has 0 bridgehead atoms. The normalized spacial score (nSPS) is 19.0. The van der Waals surface area contributed by atoms with Crippen molar-refractivity contribution in [3.8, 4) is 0 Å². The zero-order valence-electron chi connectivity index (χ0n) is 12.5. The quantitative estimate of drug-likeness (QED) is 0.800. The highest BCUT2D eigenvalue weighted by Gasteiger charge is 2.18. The standard InChI is InChI=1S/C15H24N2O3S/c1-2-12-5-6-15(10-13(12)11-16)21(18,19)17-8-7-14-4-3-9-20-14/h5-6,10,14,17H,2-4,7-9,11,16H2,1H3. The molecule has 0 radical (unpaired) electrons. The number of hydrogen-bond donors (Lipinski definition) is 2. The fourth-order valence-electron chi connectivity index (χ4n) is 2.61. The summed E-state index contributed by atoms with van der Waals surface area (Å²) >= 11 is 0. The van der Waals surface area contributed by atoms with Crippen LogP contribution in [0.3, 0.4) is 0 Å². The average molecular weight is 312 g/mol. The fourth-order valence-corrected chi connectivity index (χ4v) is 3.71. The third-order valence-electron chi connectivity index (χ3n) is 3.87. The molecule has 1 saturated heterocycles. The molecule has 0 saturated carbocycles. The Kier molecular flexibility index (Phi) is 5.75. The van der Waals surface area contributed by atoms with Gasteiger partial charge in [0.15, 0.2) is 0 Å². The van der Waals surface area contributed by atoms with Crippen LogP contribution < -0.4 is 10.5 Å². The van der Waals surface area contributed by atoms with Gasteiger partial charge >= 0.3 is 0 Å². The minimum atomic E-state index is -3.47. The van der Waals surface area contributed by atoms with Crippen molar-refractivity contribution < 1.29 is 13.2 Å². The van der Waals surface area contributed by atoms with Crippen molar-refractivity contribution in [2.75, 3.05) is 13.2 Å². The van der Waals surface area contributed by atoms with Gasteiger partial charge in [-0.2, -0.15) is 0 Å². The number of sulfonamides is 1. The lowest BCUT2D eigenvalue weighted by Gasteiger charge is -2.12. The molecule has 1 aromatic carbocycles. The minimum Gasteiger partial charge on any atom is -0.378 e. The van der Waals surface area contributed by atoms with Crippen LogP contribution in [-0.2, 0) is 27.7 Å². The molecule has 1 unspecified atom stereocenters. The first-order valence-electron chi connectivity index (χ1n) is 7.50. The van der Waals surface area contributed by atoms with Crippen LogP contribution in [0, 0.1) is 0 Å². The summed E-state index contributed by atoms with van der Waals surface area (Å²) in [5.41, 5.74) is 7.67. The molecular formula is C15H24N2O3S. The van der Waals surface area contributed by atoms with Gasteiger partial charge in [-0.1, -0.05) is 13.0 Å². The van der Waals surface area contributed by atoms with Gasteiger partial charge in [0.2, 0.25) is 10.0 Å². The summed E-state index contributed by atoms with van der Waals surface area (Å²) in [7, 11) is -3.47. The van der Waals surface area contributed by atoms with E-state index in [1.165, 1.54) is 0 Å².